The van der Waals surface area contributed by atoms with E-state index in [0.717, 1.165) is 50.8 Å². The molecule has 2 amide bonds. The lowest BCUT2D eigenvalue weighted by atomic mass is 9.98. The van der Waals surface area contributed by atoms with Gasteiger partial charge in [0.25, 0.3) is 0 Å². The summed E-state index contributed by atoms with van der Waals surface area (Å²) in [5.74, 6) is -0.448. The van der Waals surface area contributed by atoms with E-state index in [9.17, 15) is 14.7 Å². The number of hydrogen-bond donors (Lipinski definition) is 4. The maximum absolute atomic E-state index is 12.4. The first-order valence-electron chi connectivity index (χ1n) is 16.8. The van der Waals surface area contributed by atoms with E-state index in [-0.39, 0.29) is 31.1 Å². The second kappa shape index (κ2) is 16.5. The Morgan fingerprint density at radius 3 is 2.35 bits per heavy atom. The van der Waals surface area contributed by atoms with Gasteiger partial charge in [0.1, 0.15) is 0 Å². The van der Waals surface area contributed by atoms with E-state index in [1.165, 1.54) is 0 Å². The molecule has 0 spiro atoms. The third-order valence-electron chi connectivity index (χ3n) is 8.88. The molecule has 254 valence electrons. The highest BCUT2D eigenvalue weighted by atomic mass is 16.7. The maximum Gasteiger partial charge on any atom is 0.243 e. The minimum absolute atomic E-state index is 0.0106. The number of hydroxylamine groups is 1. The minimum Gasteiger partial charge on any atom is -0.392 e. The number of ether oxygens (including phenoxy) is 2. The van der Waals surface area contributed by atoms with Gasteiger partial charge >= 0.3 is 0 Å². The molecule has 0 saturated carbocycles. The van der Waals surface area contributed by atoms with Crippen molar-refractivity contribution < 1.29 is 29.4 Å². The van der Waals surface area contributed by atoms with Crippen molar-refractivity contribution in [3.63, 3.8) is 0 Å². The van der Waals surface area contributed by atoms with Crippen LogP contribution in [0.2, 0.25) is 0 Å². The van der Waals surface area contributed by atoms with Crippen molar-refractivity contribution in [3.05, 3.63) is 126 Å². The third-order valence-corrected chi connectivity index (χ3v) is 8.88. The van der Waals surface area contributed by atoms with Crippen LogP contribution in [0.4, 0.5) is 0 Å². The highest BCUT2D eigenvalue weighted by molar-refractivity contribution is 5.76. The van der Waals surface area contributed by atoms with Gasteiger partial charge in [-0.3, -0.25) is 14.8 Å². The average molecular weight is 663 g/mol. The van der Waals surface area contributed by atoms with Gasteiger partial charge in [0.2, 0.25) is 11.8 Å². The second-order valence-corrected chi connectivity index (χ2v) is 12.4. The Kier molecular flexibility index (Phi) is 11.4. The van der Waals surface area contributed by atoms with E-state index in [1.54, 1.807) is 5.48 Å². The number of hydrogen-bond acceptors (Lipinski definition) is 7. The minimum atomic E-state index is -0.600. The summed E-state index contributed by atoms with van der Waals surface area (Å²) in [4.78, 5) is 28.1. The maximum atomic E-state index is 12.4. The van der Waals surface area contributed by atoms with Gasteiger partial charge in [-0.25, -0.2) is 10.5 Å². The van der Waals surface area contributed by atoms with Crippen molar-refractivity contribution >= 4 is 22.8 Å². The normalized spacial score (nSPS) is 17.6. The number of carbonyl (C=O) groups excluding carboxylic acids is 2. The largest absolute Gasteiger partial charge is 0.392 e. The van der Waals surface area contributed by atoms with E-state index in [1.807, 2.05) is 79.1 Å². The van der Waals surface area contributed by atoms with Crippen molar-refractivity contribution in [1.82, 2.24) is 20.3 Å². The number of aromatic nitrogens is 2. The number of nitrogens with zero attached hydrogens (tertiary/aromatic N) is 2. The van der Waals surface area contributed by atoms with E-state index < -0.39 is 12.2 Å². The Hall–Kier alpha value is -4.87. The van der Waals surface area contributed by atoms with E-state index in [4.69, 9.17) is 14.7 Å². The molecule has 0 bridgehead atoms. The Labute approximate surface area is 285 Å². The summed E-state index contributed by atoms with van der Waals surface area (Å²) >= 11 is 0. The number of nitrogens with one attached hydrogen (secondary N) is 2. The first-order chi connectivity index (χ1) is 24.0. The lowest BCUT2D eigenvalue weighted by molar-refractivity contribution is -0.252. The summed E-state index contributed by atoms with van der Waals surface area (Å²) in [7, 11) is 0. The number of aliphatic hydroxyl groups excluding tert-OH is 1. The summed E-state index contributed by atoms with van der Waals surface area (Å²) in [6.45, 7) is 1.03. The molecule has 6 rings (SSSR count). The van der Waals surface area contributed by atoms with Gasteiger partial charge in [-0.1, -0.05) is 79.2 Å². The Morgan fingerprint density at radius 2 is 1.55 bits per heavy atom. The van der Waals surface area contributed by atoms with Crippen molar-refractivity contribution in [2.75, 3.05) is 0 Å². The topological polar surface area (TPSA) is 135 Å². The van der Waals surface area contributed by atoms with Crippen molar-refractivity contribution in [1.29, 1.82) is 0 Å². The van der Waals surface area contributed by atoms with E-state index >= 15 is 0 Å². The van der Waals surface area contributed by atoms with Crippen molar-refractivity contribution in [3.8, 4) is 11.1 Å². The van der Waals surface area contributed by atoms with Crippen LogP contribution in [-0.2, 0) is 38.8 Å². The van der Waals surface area contributed by atoms with Gasteiger partial charge in [0, 0.05) is 31.4 Å². The Bertz CT molecular complexity index is 1860. The zero-order valence-electron chi connectivity index (χ0n) is 27.3. The molecule has 4 N–H and O–H groups in total. The lowest BCUT2D eigenvalue weighted by Crippen LogP contribution is -2.32. The van der Waals surface area contributed by atoms with Crippen LogP contribution in [0.1, 0.15) is 73.2 Å². The zero-order chi connectivity index (χ0) is 34.0. The summed E-state index contributed by atoms with van der Waals surface area (Å²) in [6.07, 6.45) is 4.24. The Balaban J connectivity index is 1.14. The van der Waals surface area contributed by atoms with Crippen LogP contribution in [0.5, 0.6) is 0 Å². The van der Waals surface area contributed by atoms with E-state index in [2.05, 4.69) is 39.1 Å². The predicted octanol–water partition coefficient (Wildman–Crippen LogP) is 6.51. The Morgan fingerprint density at radius 1 is 0.796 bits per heavy atom. The van der Waals surface area contributed by atoms with Crippen LogP contribution in [0, 0.1) is 0 Å². The summed E-state index contributed by atoms with van der Waals surface area (Å²) in [5, 5.41) is 21.1. The predicted molar refractivity (Wildman–Crippen MR) is 185 cm³/mol. The molecule has 1 aromatic heterocycles. The smallest absolute Gasteiger partial charge is 0.243 e. The number of imidazole rings is 1. The molecular weight excluding hydrogens is 620 g/mol. The first kappa shape index (κ1) is 34.0. The molecule has 10 heteroatoms. The number of aliphatic hydroxyl groups is 1. The fourth-order valence-corrected chi connectivity index (χ4v) is 6.23. The van der Waals surface area contributed by atoms with Crippen molar-refractivity contribution in [2.24, 2.45) is 0 Å². The summed E-state index contributed by atoms with van der Waals surface area (Å²) in [5.41, 5.74) is 9.43. The van der Waals surface area contributed by atoms with Gasteiger partial charge in [-0.05, 0) is 64.9 Å². The summed E-state index contributed by atoms with van der Waals surface area (Å²) in [6, 6.07) is 32.3. The number of benzene rings is 4. The molecule has 10 nitrogen and oxygen atoms in total. The molecule has 49 heavy (non-hydrogen) atoms. The SMILES string of the molecule is O=C(CCCCCC(=O)NCc1cccc(-c2cccc([C@@H]3O[C@H](Cn4cnc5ccccc54)C[C@H](c4ccc(CO)cc4)O3)c2)c1)NO. The number of carbonyl (C=O) groups is 2. The van der Waals surface area contributed by atoms with Crippen LogP contribution in [0.15, 0.2) is 103 Å². The van der Waals surface area contributed by atoms with E-state index in [0.29, 0.717) is 38.8 Å². The van der Waals surface area contributed by atoms with Gasteiger partial charge in [0.05, 0.1) is 42.7 Å². The summed E-state index contributed by atoms with van der Waals surface area (Å²) < 4.78 is 15.4. The van der Waals surface area contributed by atoms with Crippen LogP contribution >= 0.6 is 0 Å². The van der Waals surface area contributed by atoms with Crippen LogP contribution in [0.25, 0.3) is 22.2 Å². The molecule has 0 radical (unpaired) electrons. The highest BCUT2D eigenvalue weighted by Gasteiger charge is 2.33. The standard InChI is InChI=1S/C39H42N4O6/c44-25-27-16-18-29(19-17-27)36-22-33(24-43-26-41-34-12-4-5-13-35(34)43)48-39(49-36)32-11-7-10-31(21-32)30-9-6-8-28(20-30)23-40-37(45)14-2-1-3-15-38(46)42-47/h4-13,16-21,26,33,36,39,44,47H,1-3,14-15,22-25H2,(H,40,45)(H,42,46)/t33-,36+,39+/m0/s1. The molecule has 0 aliphatic carbocycles. The molecule has 5 aromatic rings. The molecule has 1 saturated heterocycles. The van der Waals surface area contributed by atoms with Gasteiger partial charge in [-0.15, -0.1) is 0 Å². The molecule has 0 unspecified atom stereocenters. The first-order valence-corrected chi connectivity index (χ1v) is 16.8. The van der Waals surface area contributed by atoms with Gasteiger partial charge < -0.3 is 24.5 Å². The molecule has 2 heterocycles. The molecule has 4 aromatic carbocycles. The quantitative estimate of drug-likeness (QED) is 0.0605. The number of amides is 2. The molecular formula is C39H42N4O6. The number of para-hydroxylation sites is 2. The van der Waals surface area contributed by atoms with Crippen LogP contribution in [-0.4, -0.2) is 37.8 Å². The zero-order valence-corrected chi connectivity index (χ0v) is 27.3. The van der Waals surface area contributed by atoms with Crippen LogP contribution < -0.4 is 10.8 Å². The number of fused-ring (bicyclic) bond motifs is 1. The lowest BCUT2D eigenvalue weighted by Gasteiger charge is -2.36. The number of rotatable bonds is 14. The van der Waals surface area contributed by atoms with Crippen molar-refractivity contribution in [2.45, 2.75) is 76.7 Å². The molecule has 1 aliphatic rings. The molecule has 3 atom stereocenters. The fourth-order valence-electron chi connectivity index (χ4n) is 6.23. The molecule has 1 aliphatic heterocycles. The van der Waals surface area contributed by atoms with Crippen LogP contribution in [0.3, 0.4) is 0 Å². The average Bonchev–Trinajstić information content (AvgIpc) is 3.56. The second-order valence-electron chi connectivity index (χ2n) is 12.4. The molecule has 1 fully saturated rings. The number of unbranched alkanes of at least 4 members (excludes halogenated alkanes) is 2. The highest BCUT2D eigenvalue weighted by Crippen LogP contribution is 2.39. The fraction of sp³-hybridized carbons (Fsp3) is 0.308. The third kappa shape index (κ3) is 8.98. The monoisotopic (exact) mass is 662 g/mol. The van der Waals surface area contributed by atoms with Gasteiger partial charge in [0.15, 0.2) is 6.29 Å². The van der Waals surface area contributed by atoms with Gasteiger partial charge in [-0.2, -0.15) is 0 Å².